The highest BCUT2D eigenvalue weighted by Crippen LogP contribution is 2.23. The molecule has 0 radical (unpaired) electrons. The minimum absolute atomic E-state index is 0.821. The molecule has 2 heterocycles. The predicted octanol–water partition coefficient (Wildman–Crippen LogP) is -3.33. The minimum atomic E-state index is -4.94. The summed E-state index contributed by atoms with van der Waals surface area (Å²) in [7, 11) is -3.26. The van der Waals surface area contributed by atoms with E-state index < -0.39 is 10.2 Å². The maximum Gasteiger partial charge on any atom is 0.213 e. The molecular weight excluding hydrogens is 440 g/mol. The molecule has 4 rings (SSSR count). The Balaban J connectivity index is 0.000000523. The Morgan fingerprint density at radius 2 is 1.69 bits per heavy atom. The highest BCUT2D eigenvalue weighted by Gasteiger charge is 2.12. The lowest BCUT2D eigenvalue weighted by molar-refractivity contribution is -2.00. The summed E-state index contributed by atoms with van der Waals surface area (Å²) in [5, 5.41) is 2.08. The first-order valence-corrected chi connectivity index (χ1v) is 11.2. The van der Waals surface area contributed by atoms with Gasteiger partial charge in [0.25, 0.3) is 0 Å². The maximum atomic E-state index is 8.49. The Morgan fingerprint density at radius 3 is 2.34 bits per heavy atom. The monoisotopic (exact) mass is 464 g/mol. The van der Waals surface area contributed by atoms with Gasteiger partial charge < -0.3 is 13.9 Å². The zero-order valence-electron chi connectivity index (χ0n) is 17.6. The third kappa shape index (κ3) is 7.57. The number of nitrogens with one attached hydrogen (secondary N) is 1. The standard InChI is InChI=1S/C22H24N2O3.ClHO4/c1-25-18-7-8-21-19(15-18)20(23-9-10-24-11-13-26-14-12-24)16-22(27-21)17-5-3-2-4-6-17;2-1(3,4)5/h2-8,15-16H,9-14H2,1H3;(H,2,3,4,5). The summed E-state index contributed by atoms with van der Waals surface area (Å²) < 4.78 is 51.0. The Labute approximate surface area is 187 Å². The van der Waals surface area contributed by atoms with Gasteiger partial charge in [0.15, 0.2) is 6.54 Å². The number of halogens is 1. The van der Waals surface area contributed by atoms with Gasteiger partial charge in [0.2, 0.25) is 5.36 Å². The number of fused-ring (bicyclic) bond motifs is 1. The first-order valence-electron chi connectivity index (χ1n) is 9.99. The summed E-state index contributed by atoms with van der Waals surface area (Å²) in [6, 6.07) is 18.2. The third-order valence-corrected chi connectivity index (χ3v) is 4.88. The average molecular weight is 465 g/mol. The van der Waals surface area contributed by atoms with Crippen molar-refractivity contribution in [1.29, 1.82) is 0 Å². The predicted molar refractivity (Wildman–Crippen MR) is 104 cm³/mol. The molecular formula is C22H25ClN2O7. The number of rotatable bonds is 5. The molecule has 3 aromatic rings. The molecule has 1 N–H and O–H groups in total. The fourth-order valence-corrected chi connectivity index (χ4v) is 3.36. The van der Waals surface area contributed by atoms with E-state index in [-0.39, 0.29) is 0 Å². The van der Waals surface area contributed by atoms with Gasteiger partial charge in [-0.15, -0.1) is 10.2 Å². The third-order valence-electron chi connectivity index (χ3n) is 4.88. The molecule has 0 amide bonds. The number of benzene rings is 2. The molecule has 2 aromatic carbocycles. The van der Waals surface area contributed by atoms with E-state index in [0.717, 1.165) is 72.8 Å². The van der Waals surface area contributed by atoms with Crippen LogP contribution in [0.25, 0.3) is 22.3 Å². The van der Waals surface area contributed by atoms with Crippen LogP contribution in [0.3, 0.4) is 0 Å². The fraction of sp³-hybridized carbons (Fsp3) is 0.318. The Morgan fingerprint density at radius 1 is 1.00 bits per heavy atom. The van der Waals surface area contributed by atoms with Crippen LogP contribution in [0.5, 0.6) is 5.75 Å². The molecule has 1 fully saturated rings. The molecule has 10 heteroatoms. The lowest BCUT2D eigenvalue weighted by Gasteiger charge is -2.24. The quantitative estimate of drug-likeness (QED) is 0.413. The first kappa shape index (κ1) is 24.1. The van der Waals surface area contributed by atoms with Crippen LogP contribution in [0.4, 0.5) is 0 Å². The first-order chi connectivity index (χ1) is 15.3. The molecule has 0 atom stereocenters. The van der Waals surface area contributed by atoms with E-state index in [1.54, 1.807) is 7.11 Å². The fourth-order valence-electron chi connectivity index (χ4n) is 3.36. The van der Waals surface area contributed by atoms with E-state index in [4.69, 9.17) is 32.5 Å². The molecule has 0 aliphatic carbocycles. The minimum Gasteiger partial charge on any atom is -0.497 e. The van der Waals surface area contributed by atoms with Crippen LogP contribution in [-0.2, 0) is 4.74 Å². The molecule has 32 heavy (non-hydrogen) atoms. The van der Waals surface area contributed by atoms with Crippen molar-refractivity contribution in [1.82, 2.24) is 4.90 Å². The largest absolute Gasteiger partial charge is 0.497 e. The molecule has 9 nitrogen and oxygen atoms in total. The molecule has 0 spiro atoms. The zero-order valence-corrected chi connectivity index (χ0v) is 18.4. The van der Waals surface area contributed by atoms with E-state index >= 15 is 0 Å². The normalized spacial score (nSPS) is 15.3. The van der Waals surface area contributed by atoms with E-state index in [2.05, 4.69) is 28.1 Å². The van der Waals surface area contributed by atoms with Crippen LogP contribution in [0, 0.1) is 10.2 Å². The summed E-state index contributed by atoms with van der Waals surface area (Å²) in [5.41, 5.74) is 1.90. The zero-order chi connectivity index (χ0) is 23.0. The second-order valence-corrected chi connectivity index (χ2v) is 7.77. The van der Waals surface area contributed by atoms with Crippen molar-refractivity contribution in [2.45, 2.75) is 0 Å². The molecule has 1 aromatic heterocycles. The van der Waals surface area contributed by atoms with Gasteiger partial charge in [-0.05, 0) is 18.2 Å². The van der Waals surface area contributed by atoms with Crippen LogP contribution in [0.2, 0.25) is 0 Å². The number of ether oxygens (including phenoxy) is 2. The van der Waals surface area contributed by atoms with Crippen molar-refractivity contribution >= 4 is 11.0 Å². The van der Waals surface area contributed by atoms with Gasteiger partial charge in [-0.3, -0.25) is 4.90 Å². The van der Waals surface area contributed by atoms with Gasteiger partial charge >= 0.3 is 0 Å². The summed E-state index contributed by atoms with van der Waals surface area (Å²) in [6.45, 7) is 5.49. The second kappa shape index (κ2) is 11.4. The topological polar surface area (TPSA) is 141 Å². The van der Waals surface area contributed by atoms with Gasteiger partial charge in [-0.25, -0.2) is 23.6 Å². The van der Waals surface area contributed by atoms with Gasteiger partial charge in [-0.2, -0.15) is 0 Å². The summed E-state index contributed by atoms with van der Waals surface area (Å²) in [4.78, 5) is 6.02. The second-order valence-electron chi connectivity index (χ2n) is 7.01. The Hall–Kier alpha value is -2.50. The molecule has 1 saturated heterocycles. The van der Waals surface area contributed by atoms with Gasteiger partial charge in [0, 0.05) is 18.7 Å². The molecule has 1 aliphatic heterocycles. The highest BCUT2D eigenvalue weighted by molar-refractivity contribution is 5.79. The molecule has 1 aliphatic rings. The molecule has 0 unspecified atom stereocenters. The van der Waals surface area contributed by atoms with Crippen molar-refractivity contribution in [3.63, 3.8) is 0 Å². The van der Waals surface area contributed by atoms with Crippen molar-refractivity contribution in [3.8, 4) is 17.1 Å². The van der Waals surface area contributed by atoms with Crippen LogP contribution in [0.15, 0.2) is 59.0 Å². The number of methoxy groups -OCH3 is 1. The highest BCUT2D eigenvalue weighted by atomic mass is 35.7. The smallest absolute Gasteiger partial charge is 0.213 e. The van der Waals surface area contributed by atoms with Crippen LogP contribution in [-0.4, -0.2) is 51.4 Å². The van der Waals surface area contributed by atoms with Crippen LogP contribution < -0.4 is 33.7 Å². The van der Waals surface area contributed by atoms with Crippen LogP contribution >= 0.6 is 0 Å². The van der Waals surface area contributed by atoms with Crippen molar-refractivity contribution in [2.75, 3.05) is 46.5 Å². The van der Waals surface area contributed by atoms with Crippen molar-refractivity contribution in [3.05, 3.63) is 60.0 Å². The van der Waals surface area contributed by atoms with E-state index in [0.29, 0.717) is 0 Å². The average Bonchev–Trinajstić information content (AvgIpc) is 2.79. The van der Waals surface area contributed by atoms with Gasteiger partial charge in [-0.1, -0.05) is 30.3 Å². The summed E-state index contributed by atoms with van der Waals surface area (Å²) >= 11 is 0. The van der Waals surface area contributed by atoms with Crippen LogP contribution in [0.1, 0.15) is 0 Å². The SMILES string of the molecule is COc1ccc2oc(-c3ccccc3)cc(=[NH+]CCN3CCOCC3)c2c1.[O-][Cl+3]([O-])([O-])[O-]. The number of morpholine rings is 1. The van der Waals surface area contributed by atoms with Gasteiger partial charge in [0.05, 0.1) is 38.3 Å². The van der Waals surface area contributed by atoms with Gasteiger partial charge in [0.1, 0.15) is 17.1 Å². The number of hydrogen-bond donors (Lipinski definition) is 1. The molecule has 0 bridgehead atoms. The Kier molecular flexibility index (Phi) is 8.60. The summed E-state index contributed by atoms with van der Waals surface area (Å²) in [5.74, 6) is 1.67. The number of hydrogen-bond acceptors (Lipinski definition) is 8. The number of nitrogens with zero attached hydrogens (tertiary/aromatic N) is 1. The Bertz CT molecular complexity index is 1060. The molecule has 0 saturated carbocycles. The maximum absolute atomic E-state index is 8.49. The lowest BCUT2D eigenvalue weighted by Crippen LogP contribution is -2.78. The van der Waals surface area contributed by atoms with Crippen molar-refractivity contribution < 1.29 is 47.8 Å². The van der Waals surface area contributed by atoms with E-state index in [9.17, 15) is 0 Å². The lowest BCUT2D eigenvalue weighted by atomic mass is 10.1. The van der Waals surface area contributed by atoms with Crippen molar-refractivity contribution in [2.24, 2.45) is 0 Å². The van der Waals surface area contributed by atoms with E-state index in [1.807, 2.05) is 36.4 Å². The molecule has 172 valence electrons. The van der Waals surface area contributed by atoms with E-state index in [1.165, 1.54) is 0 Å². The summed E-state index contributed by atoms with van der Waals surface area (Å²) in [6.07, 6.45) is 0.